The summed E-state index contributed by atoms with van der Waals surface area (Å²) >= 11 is 0. The zero-order valence-electron chi connectivity index (χ0n) is 11.5. The lowest BCUT2D eigenvalue weighted by molar-refractivity contribution is 0.101. The van der Waals surface area contributed by atoms with Crippen molar-refractivity contribution in [1.29, 1.82) is 0 Å². The molecule has 0 saturated heterocycles. The van der Waals surface area contributed by atoms with Gasteiger partial charge in [-0.25, -0.2) is 4.39 Å². The highest BCUT2D eigenvalue weighted by Crippen LogP contribution is 2.28. The number of hydrogen-bond acceptors (Lipinski definition) is 3. The number of anilines is 1. The van der Waals surface area contributed by atoms with Gasteiger partial charge in [-0.15, -0.1) is 0 Å². The molecule has 4 heteroatoms. The van der Waals surface area contributed by atoms with Crippen LogP contribution in [0.2, 0.25) is 0 Å². The van der Waals surface area contributed by atoms with Crippen molar-refractivity contribution in [3.63, 3.8) is 0 Å². The number of hydrogen-bond donors (Lipinski definition) is 0. The Morgan fingerprint density at radius 2 is 2.21 bits per heavy atom. The molecule has 1 saturated carbocycles. The minimum Gasteiger partial charge on any atom is -0.379 e. The van der Waals surface area contributed by atoms with Crippen LogP contribution >= 0.6 is 0 Å². The van der Waals surface area contributed by atoms with Crippen molar-refractivity contribution < 1.29 is 13.9 Å². The predicted octanol–water partition coefficient (Wildman–Crippen LogP) is 2.89. The first kappa shape index (κ1) is 14.0. The number of likely N-dealkylation sites (N-methyl/N-ethyl adjacent to an activating group) is 1. The number of Topliss-reactive ketones (excluding diaryl/α,β-unsaturated/α-hetero) is 1. The number of carbonyl (C=O) groups is 1. The molecule has 1 fully saturated rings. The van der Waals surface area contributed by atoms with Gasteiger partial charge in [-0.3, -0.25) is 4.79 Å². The largest absolute Gasteiger partial charge is 0.379 e. The maximum atomic E-state index is 13.2. The van der Waals surface area contributed by atoms with E-state index in [4.69, 9.17) is 4.74 Å². The van der Waals surface area contributed by atoms with E-state index in [1.54, 1.807) is 6.07 Å². The second-order valence-corrected chi connectivity index (χ2v) is 5.16. The smallest absolute Gasteiger partial charge is 0.161 e. The molecule has 3 nitrogen and oxygen atoms in total. The Balaban J connectivity index is 1.92. The van der Waals surface area contributed by atoms with E-state index < -0.39 is 0 Å². The van der Waals surface area contributed by atoms with E-state index in [1.165, 1.54) is 31.9 Å². The lowest BCUT2D eigenvalue weighted by Crippen LogP contribution is -2.24. The van der Waals surface area contributed by atoms with Crippen LogP contribution in [0.1, 0.15) is 30.1 Å². The molecule has 0 bridgehead atoms. The van der Waals surface area contributed by atoms with Gasteiger partial charge >= 0.3 is 0 Å². The van der Waals surface area contributed by atoms with Gasteiger partial charge in [-0.2, -0.15) is 0 Å². The van der Waals surface area contributed by atoms with Gasteiger partial charge in [0.15, 0.2) is 5.78 Å². The highest BCUT2D eigenvalue weighted by atomic mass is 19.1. The molecule has 104 valence electrons. The van der Waals surface area contributed by atoms with Gasteiger partial charge < -0.3 is 9.64 Å². The van der Waals surface area contributed by atoms with E-state index >= 15 is 0 Å². The van der Waals surface area contributed by atoms with Gasteiger partial charge in [0, 0.05) is 31.5 Å². The molecule has 0 aromatic heterocycles. The molecule has 0 aliphatic heterocycles. The number of carbonyl (C=O) groups excluding carboxylic acids is 1. The molecule has 1 aromatic rings. The van der Waals surface area contributed by atoms with E-state index in [9.17, 15) is 9.18 Å². The Kier molecular flexibility index (Phi) is 4.53. The molecule has 1 aromatic carbocycles. The van der Waals surface area contributed by atoms with Crippen LogP contribution in [0, 0.1) is 11.7 Å². The third-order valence-electron chi connectivity index (χ3n) is 3.37. The molecular weight excluding hydrogens is 245 g/mol. The summed E-state index contributed by atoms with van der Waals surface area (Å²) in [5, 5.41) is 0. The molecule has 19 heavy (non-hydrogen) atoms. The summed E-state index contributed by atoms with van der Waals surface area (Å²) in [4.78, 5) is 13.5. The van der Waals surface area contributed by atoms with Gasteiger partial charge in [0.05, 0.1) is 6.61 Å². The average Bonchev–Trinajstić information content (AvgIpc) is 3.18. The summed E-state index contributed by atoms with van der Waals surface area (Å²) < 4.78 is 18.8. The van der Waals surface area contributed by atoms with Gasteiger partial charge in [0.1, 0.15) is 5.82 Å². The van der Waals surface area contributed by atoms with Crippen molar-refractivity contribution >= 4 is 11.5 Å². The topological polar surface area (TPSA) is 29.5 Å². The van der Waals surface area contributed by atoms with E-state index in [0.29, 0.717) is 18.7 Å². The number of halogens is 1. The third-order valence-corrected chi connectivity index (χ3v) is 3.37. The van der Waals surface area contributed by atoms with Gasteiger partial charge in [0.25, 0.3) is 0 Å². The van der Waals surface area contributed by atoms with Crippen molar-refractivity contribution in [2.45, 2.75) is 19.8 Å². The molecule has 2 rings (SSSR count). The molecule has 0 radical (unpaired) electrons. The maximum Gasteiger partial charge on any atom is 0.161 e. The van der Waals surface area contributed by atoms with Crippen LogP contribution in [-0.2, 0) is 4.74 Å². The second kappa shape index (κ2) is 6.15. The van der Waals surface area contributed by atoms with Crippen molar-refractivity contribution in [3.05, 3.63) is 29.6 Å². The number of rotatable bonds is 7. The summed E-state index contributed by atoms with van der Waals surface area (Å²) in [6, 6.07) is 4.31. The fourth-order valence-corrected chi connectivity index (χ4v) is 1.98. The number of ketones is 1. The monoisotopic (exact) mass is 265 g/mol. The molecule has 0 N–H and O–H groups in total. The summed E-state index contributed by atoms with van der Waals surface area (Å²) in [6.45, 7) is 3.60. The fourth-order valence-electron chi connectivity index (χ4n) is 1.98. The first-order valence-corrected chi connectivity index (χ1v) is 6.67. The zero-order chi connectivity index (χ0) is 13.8. The van der Waals surface area contributed by atoms with Gasteiger partial charge in [-0.05, 0) is 43.9 Å². The third kappa shape index (κ3) is 4.03. The van der Waals surface area contributed by atoms with Crippen LogP contribution in [0.5, 0.6) is 0 Å². The van der Waals surface area contributed by atoms with Crippen LogP contribution in [-0.4, -0.2) is 32.6 Å². The molecule has 0 heterocycles. The fraction of sp³-hybridized carbons (Fsp3) is 0.533. The van der Waals surface area contributed by atoms with Crippen molar-refractivity contribution in [3.8, 4) is 0 Å². The first-order valence-electron chi connectivity index (χ1n) is 6.67. The molecule has 0 atom stereocenters. The summed E-state index contributed by atoms with van der Waals surface area (Å²) in [5.41, 5.74) is 1.17. The number of benzene rings is 1. The number of ether oxygens (including phenoxy) is 1. The van der Waals surface area contributed by atoms with Crippen LogP contribution < -0.4 is 4.90 Å². The van der Waals surface area contributed by atoms with Crippen molar-refractivity contribution in [1.82, 2.24) is 0 Å². The summed E-state index contributed by atoms with van der Waals surface area (Å²) in [5.74, 6) is 0.247. The lowest BCUT2D eigenvalue weighted by Gasteiger charge is -2.21. The molecule has 1 aliphatic rings. The molecular formula is C15H20FNO2. The molecule has 1 aliphatic carbocycles. The second-order valence-electron chi connectivity index (χ2n) is 5.16. The van der Waals surface area contributed by atoms with Gasteiger partial charge in [-0.1, -0.05) is 0 Å². The minimum absolute atomic E-state index is 0.125. The Morgan fingerprint density at radius 1 is 1.47 bits per heavy atom. The van der Waals surface area contributed by atoms with E-state index in [0.717, 1.165) is 18.2 Å². The number of nitrogens with zero attached hydrogens (tertiary/aromatic N) is 1. The standard InChI is InChI=1S/C15H20FNO2/c1-11(18)14-9-13(16)5-6-15(14)17(2)7-8-19-10-12-3-4-12/h5-6,9,12H,3-4,7-8,10H2,1-2H3. The van der Waals surface area contributed by atoms with Crippen LogP contribution in [0.3, 0.4) is 0 Å². The van der Waals surface area contributed by atoms with Crippen LogP contribution in [0.15, 0.2) is 18.2 Å². The Hall–Kier alpha value is -1.42. The molecule has 0 unspecified atom stereocenters. The van der Waals surface area contributed by atoms with E-state index in [-0.39, 0.29) is 11.6 Å². The summed E-state index contributed by atoms with van der Waals surface area (Å²) in [6.07, 6.45) is 2.56. The van der Waals surface area contributed by atoms with E-state index in [2.05, 4.69) is 0 Å². The zero-order valence-corrected chi connectivity index (χ0v) is 11.5. The molecule has 0 amide bonds. The van der Waals surface area contributed by atoms with E-state index in [1.807, 2.05) is 11.9 Å². The van der Waals surface area contributed by atoms with Crippen LogP contribution in [0.25, 0.3) is 0 Å². The van der Waals surface area contributed by atoms with Crippen LogP contribution in [0.4, 0.5) is 10.1 Å². The Bertz CT molecular complexity index is 457. The summed E-state index contributed by atoms with van der Waals surface area (Å²) in [7, 11) is 1.89. The average molecular weight is 265 g/mol. The van der Waals surface area contributed by atoms with Crippen molar-refractivity contribution in [2.24, 2.45) is 5.92 Å². The van der Waals surface area contributed by atoms with Crippen molar-refractivity contribution in [2.75, 3.05) is 31.7 Å². The lowest BCUT2D eigenvalue weighted by atomic mass is 10.1. The highest BCUT2D eigenvalue weighted by Gasteiger charge is 2.21. The Labute approximate surface area is 113 Å². The maximum absolute atomic E-state index is 13.2. The molecule has 0 spiro atoms. The SMILES string of the molecule is CC(=O)c1cc(F)ccc1N(C)CCOCC1CC1. The predicted molar refractivity (Wildman–Crippen MR) is 73.2 cm³/mol. The minimum atomic E-state index is -0.382. The van der Waals surface area contributed by atoms with Gasteiger partial charge in [0.2, 0.25) is 0 Å². The highest BCUT2D eigenvalue weighted by molar-refractivity contribution is 5.99. The Morgan fingerprint density at radius 3 is 2.84 bits per heavy atom. The first-order chi connectivity index (χ1) is 9.08. The normalized spacial score (nSPS) is 14.5. The quantitative estimate of drug-likeness (QED) is 0.561.